The Morgan fingerprint density at radius 1 is 0.902 bits per heavy atom. The van der Waals surface area contributed by atoms with Gasteiger partial charge in [0.2, 0.25) is 0 Å². The van der Waals surface area contributed by atoms with E-state index in [1.165, 1.54) is 6.21 Å². The van der Waals surface area contributed by atoms with Gasteiger partial charge >= 0.3 is 0 Å². The average molecular weight is 610 g/mol. The fourth-order valence-corrected chi connectivity index (χ4v) is 4.72. The number of carbonyl (C=O) groups is 2. The first-order valence-electron chi connectivity index (χ1n) is 12.8. The molecule has 0 unspecified atom stereocenters. The summed E-state index contributed by atoms with van der Waals surface area (Å²) in [5.41, 5.74) is 5.09. The second kappa shape index (κ2) is 14.0. The van der Waals surface area contributed by atoms with Crippen LogP contribution in [-0.4, -0.2) is 31.1 Å². The third-order valence-corrected chi connectivity index (χ3v) is 7.00. The zero-order valence-electron chi connectivity index (χ0n) is 22.3. The number of benzene rings is 3. The van der Waals surface area contributed by atoms with E-state index >= 15 is 0 Å². The first-order valence-corrected chi connectivity index (χ1v) is 13.9. The third-order valence-electron chi connectivity index (χ3n) is 6.13. The van der Waals surface area contributed by atoms with Gasteiger partial charge in [0, 0.05) is 29.4 Å². The number of halogens is 3. The second-order valence-corrected chi connectivity index (χ2v) is 10.0. The molecule has 0 bridgehead atoms. The van der Waals surface area contributed by atoms with Crippen LogP contribution in [0, 0.1) is 0 Å². The van der Waals surface area contributed by atoms with Crippen molar-refractivity contribution >= 4 is 64.6 Å². The Balaban J connectivity index is 1.54. The molecule has 0 radical (unpaired) electrons. The SMILES string of the molecule is CCN(CC)c1ccc(C=C(NC(=O)c2ccccc2Cl)C(=O)NN=Cc2ccc(-c3ccc(Cl)cc3Cl)o2)cc1. The molecule has 0 spiro atoms. The number of furan rings is 1. The first kappa shape index (κ1) is 29.9. The van der Waals surface area contributed by atoms with E-state index in [9.17, 15) is 9.59 Å². The van der Waals surface area contributed by atoms with Crippen molar-refractivity contribution < 1.29 is 14.0 Å². The zero-order chi connectivity index (χ0) is 29.4. The molecule has 4 rings (SSSR count). The van der Waals surface area contributed by atoms with E-state index in [2.05, 4.69) is 34.6 Å². The van der Waals surface area contributed by atoms with Crippen molar-refractivity contribution in [1.82, 2.24) is 10.7 Å². The molecule has 7 nitrogen and oxygen atoms in total. The summed E-state index contributed by atoms with van der Waals surface area (Å²) in [5.74, 6) is -0.276. The van der Waals surface area contributed by atoms with E-state index in [1.807, 2.05) is 24.3 Å². The standard InChI is InChI=1S/C31H27Cl3N4O3/c1-3-38(4-2)22-12-9-20(10-13-22)17-28(36-30(39)25-7-5-6-8-26(25)33)31(40)37-35-19-23-14-16-29(41-23)24-15-11-21(32)18-27(24)34/h5-19H,3-4H2,1-2H3,(H,36,39)(H,37,40). The van der Waals surface area contributed by atoms with Gasteiger partial charge in [-0.15, -0.1) is 0 Å². The predicted octanol–water partition coefficient (Wildman–Crippen LogP) is 7.67. The van der Waals surface area contributed by atoms with Gasteiger partial charge in [0.05, 0.1) is 21.8 Å². The molecule has 0 atom stereocenters. The molecular formula is C31H27Cl3N4O3. The molecule has 2 N–H and O–H groups in total. The summed E-state index contributed by atoms with van der Waals surface area (Å²) in [4.78, 5) is 28.3. The van der Waals surface area contributed by atoms with Crippen molar-refractivity contribution in [3.8, 4) is 11.3 Å². The van der Waals surface area contributed by atoms with Crippen LogP contribution in [0.25, 0.3) is 17.4 Å². The van der Waals surface area contributed by atoms with Gasteiger partial charge in [-0.1, -0.05) is 59.1 Å². The molecular weight excluding hydrogens is 583 g/mol. The summed E-state index contributed by atoms with van der Waals surface area (Å²) in [5, 5.41) is 7.89. The monoisotopic (exact) mass is 608 g/mol. The lowest BCUT2D eigenvalue weighted by atomic mass is 10.1. The van der Waals surface area contributed by atoms with Crippen molar-refractivity contribution in [2.45, 2.75) is 13.8 Å². The number of hydrogen-bond acceptors (Lipinski definition) is 5. The molecule has 0 saturated heterocycles. The molecule has 0 aliphatic rings. The highest BCUT2D eigenvalue weighted by Gasteiger charge is 2.17. The largest absolute Gasteiger partial charge is 0.455 e. The summed E-state index contributed by atoms with van der Waals surface area (Å²) >= 11 is 18.4. The molecule has 4 aromatic rings. The number of hydrogen-bond donors (Lipinski definition) is 2. The van der Waals surface area contributed by atoms with Crippen molar-refractivity contribution in [3.63, 3.8) is 0 Å². The maximum Gasteiger partial charge on any atom is 0.287 e. The van der Waals surface area contributed by atoms with Crippen LogP contribution in [0.2, 0.25) is 15.1 Å². The number of nitrogens with zero attached hydrogens (tertiary/aromatic N) is 2. The topological polar surface area (TPSA) is 86.9 Å². The number of carbonyl (C=O) groups excluding carboxylic acids is 2. The fourth-order valence-electron chi connectivity index (χ4n) is 4.00. The molecule has 0 saturated carbocycles. The molecule has 0 fully saturated rings. The lowest BCUT2D eigenvalue weighted by Gasteiger charge is -2.21. The minimum atomic E-state index is -0.637. The van der Waals surface area contributed by atoms with Crippen LogP contribution >= 0.6 is 34.8 Å². The van der Waals surface area contributed by atoms with E-state index in [0.717, 1.165) is 18.8 Å². The lowest BCUT2D eigenvalue weighted by molar-refractivity contribution is -0.117. The van der Waals surface area contributed by atoms with E-state index in [-0.39, 0.29) is 16.3 Å². The second-order valence-electron chi connectivity index (χ2n) is 8.78. The van der Waals surface area contributed by atoms with Crippen LogP contribution in [0.1, 0.15) is 35.5 Å². The van der Waals surface area contributed by atoms with E-state index < -0.39 is 11.8 Å². The minimum absolute atomic E-state index is 0.0178. The smallest absolute Gasteiger partial charge is 0.287 e. The Kier molecular flexibility index (Phi) is 10.2. The molecule has 0 aliphatic carbocycles. The molecule has 0 aliphatic heterocycles. The Morgan fingerprint density at radius 2 is 1.63 bits per heavy atom. The summed E-state index contributed by atoms with van der Waals surface area (Å²) < 4.78 is 5.78. The lowest BCUT2D eigenvalue weighted by Crippen LogP contribution is -2.33. The van der Waals surface area contributed by atoms with E-state index in [1.54, 1.807) is 60.7 Å². The highest BCUT2D eigenvalue weighted by molar-refractivity contribution is 6.36. The first-order chi connectivity index (χ1) is 19.8. The fraction of sp³-hybridized carbons (Fsp3) is 0.129. The van der Waals surface area contributed by atoms with Crippen LogP contribution in [0.5, 0.6) is 0 Å². The van der Waals surface area contributed by atoms with Gasteiger partial charge in [0.1, 0.15) is 17.2 Å². The van der Waals surface area contributed by atoms with E-state index in [4.69, 9.17) is 39.2 Å². The zero-order valence-corrected chi connectivity index (χ0v) is 24.6. The summed E-state index contributed by atoms with van der Waals surface area (Å²) in [6.45, 7) is 5.91. The average Bonchev–Trinajstić information content (AvgIpc) is 3.42. The van der Waals surface area contributed by atoms with Crippen molar-refractivity contribution in [3.05, 3.63) is 117 Å². The number of rotatable bonds is 10. The normalized spacial score (nSPS) is 11.5. The molecule has 210 valence electrons. The number of amides is 2. The Bertz CT molecular complexity index is 1590. The summed E-state index contributed by atoms with van der Waals surface area (Å²) in [6, 6.07) is 22.8. The van der Waals surface area contributed by atoms with Gasteiger partial charge < -0.3 is 14.6 Å². The molecule has 2 amide bonds. The van der Waals surface area contributed by atoms with Gasteiger partial charge in [-0.25, -0.2) is 5.43 Å². The maximum absolute atomic E-state index is 13.2. The van der Waals surface area contributed by atoms with Gasteiger partial charge in [0.25, 0.3) is 11.8 Å². The number of anilines is 1. The van der Waals surface area contributed by atoms with Crippen molar-refractivity contribution in [2.75, 3.05) is 18.0 Å². The summed E-state index contributed by atoms with van der Waals surface area (Å²) in [7, 11) is 0. The highest BCUT2D eigenvalue weighted by Crippen LogP contribution is 2.31. The van der Waals surface area contributed by atoms with Gasteiger partial charge in [-0.2, -0.15) is 5.10 Å². The van der Waals surface area contributed by atoms with Crippen molar-refractivity contribution in [1.29, 1.82) is 0 Å². The van der Waals surface area contributed by atoms with Crippen LogP contribution in [0.3, 0.4) is 0 Å². The summed E-state index contributed by atoms with van der Waals surface area (Å²) in [6.07, 6.45) is 2.91. The van der Waals surface area contributed by atoms with Crippen LogP contribution in [0.15, 0.2) is 94.1 Å². The maximum atomic E-state index is 13.2. The Morgan fingerprint density at radius 3 is 2.32 bits per heavy atom. The Labute approximate surface area is 253 Å². The molecule has 1 heterocycles. The van der Waals surface area contributed by atoms with Gasteiger partial charge in [-0.05, 0) is 80.1 Å². The Hall–Kier alpha value is -4.04. The van der Waals surface area contributed by atoms with Crippen LogP contribution < -0.4 is 15.6 Å². The van der Waals surface area contributed by atoms with Crippen molar-refractivity contribution in [2.24, 2.45) is 5.10 Å². The van der Waals surface area contributed by atoms with E-state index in [0.29, 0.717) is 32.7 Å². The molecule has 3 aromatic carbocycles. The van der Waals surface area contributed by atoms with Gasteiger partial charge in [0.15, 0.2) is 0 Å². The van der Waals surface area contributed by atoms with Gasteiger partial charge in [-0.3, -0.25) is 9.59 Å². The molecule has 41 heavy (non-hydrogen) atoms. The quantitative estimate of drug-likeness (QED) is 0.110. The highest BCUT2D eigenvalue weighted by atomic mass is 35.5. The minimum Gasteiger partial charge on any atom is -0.455 e. The number of nitrogens with one attached hydrogen (secondary N) is 2. The molecule has 1 aromatic heterocycles. The molecule has 10 heteroatoms. The van der Waals surface area contributed by atoms with Crippen LogP contribution in [-0.2, 0) is 4.79 Å². The predicted molar refractivity (Wildman–Crippen MR) is 167 cm³/mol. The number of hydrazone groups is 1. The third kappa shape index (κ3) is 7.79. The van der Waals surface area contributed by atoms with Crippen LogP contribution in [0.4, 0.5) is 5.69 Å².